The molecule has 42 heavy (non-hydrogen) atoms. The van der Waals surface area contributed by atoms with Crippen LogP contribution in [-0.2, 0) is 33.4 Å². The molecule has 4 heteroatoms. The van der Waals surface area contributed by atoms with Gasteiger partial charge in [0, 0.05) is 0 Å². The van der Waals surface area contributed by atoms with Gasteiger partial charge in [-0.2, -0.15) is 0 Å². The van der Waals surface area contributed by atoms with Gasteiger partial charge in [-0.25, -0.2) is 4.79 Å². The van der Waals surface area contributed by atoms with Crippen LogP contribution in [0.4, 0.5) is 0 Å². The average Bonchev–Trinajstić information content (AvgIpc) is 3.00. The highest BCUT2D eigenvalue weighted by Gasteiger charge is 2.38. The molecule has 1 unspecified atom stereocenters. The van der Waals surface area contributed by atoms with Crippen LogP contribution in [0.5, 0.6) is 5.75 Å². The molecule has 0 heterocycles. The Hall–Kier alpha value is -4.18. The van der Waals surface area contributed by atoms with Gasteiger partial charge >= 0.3 is 11.9 Å². The number of hydrogen-bond acceptors (Lipinski definition) is 4. The zero-order valence-corrected chi connectivity index (χ0v) is 25.1. The molecule has 4 nitrogen and oxygen atoms in total. The van der Waals surface area contributed by atoms with Gasteiger partial charge in [0.25, 0.3) is 0 Å². The molecule has 1 atom stereocenters. The molecule has 0 spiro atoms. The summed E-state index contributed by atoms with van der Waals surface area (Å²) in [5.74, 6) is -0.559. The molecule has 4 aromatic rings. The van der Waals surface area contributed by atoms with Gasteiger partial charge in [-0.3, -0.25) is 4.79 Å². The minimum atomic E-state index is -0.400. The summed E-state index contributed by atoms with van der Waals surface area (Å²) in [6.45, 7) is 9.38. The monoisotopic (exact) mass is 560 g/mol. The first-order valence-electron chi connectivity index (χ1n) is 14.8. The van der Waals surface area contributed by atoms with Crippen molar-refractivity contribution in [2.75, 3.05) is 0 Å². The lowest BCUT2D eigenvalue weighted by Crippen LogP contribution is -2.34. The van der Waals surface area contributed by atoms with Crippen molar-refractivity contribution in [3.63, 3.8) is 0 Å². The standard InChI is InChI=1S/C38H40O4/c1-37(2)23-24-38(3,4)34-25-30(18-22-33(34)37)32(21-17-27-11-7-5-8-12-27)36(40)42-31-19-15-28(16-20-31)26-41-35(39)29-13-9-6-10-14-29/h5-16,18-20,22,25,32H,17,21,23-24,26H2,1-4H3. The number of carbonyl (C=O) groups is 2. The van der Waals surface area contributed by atoms with Crippen LogP contribution < -0.4 is 4.74 Å². The van der Waals surface area contributed by atoms with Gasteiger partial charge < -0.3 is 9.47 Å². The summed E-state index contributed by atoms with van der Waals surface area (Å²) in [6, 6.07) is 33.0. The molecule has 0 aromatic heterocycles. The molecule has 5 rings (SSSR count). The van der Waals surface area contributed by atoms with Crippen molar-refractivity contribution < 1.29 is 19.1 Å². The molecule has 216 valence electrons. The first-order valence-corrected chi connectivity index (χ1v) is 14.8. The Morgan fingerprint density at radius 2 is 1.33 bits per heavy atom. The van der Waals surface area contributed by atoms with E-state index in [2.05, 4.69) is 58.0 Å². The minimum absolute atomic E-state index is 0.0501. The first-order chi connectivity index (χ1) is 20.1. The van der Waals surface area contributed by atoms with Crippen LogP contribution in [0.15, 0.2) is 103 Å². The van der Waals surface area contributed by atoms with Crippen molar-refractivity contribution >= 4 is 11.9 Å². The number of ether oxygens (including phenoxy) is 2. The quantitative estimate of drug-likeness (QED) is 0.152. The molecule has 0 amide bonds. The van der Waals surface area contributed by atoms with E-state index in [-0.39, 0.29) is 29.4 Å². The van der Waals surface area contributed by atoms with Crippen molar-refractivity contribution in [2.24, 2.45) is 0 Å². The van der Waals surface area contributed by atoms with Gasteiger partial charge in [0.05, 0.1) is 11.5 Å². The third kappa shape index (κ3) is 6.82. The molecule has 0 radical (unpaired) electrons. The molecule has 0 aliphatic heterocycles. The van der Waals surface area contributed by atoms with E-state index >= 15 is 0 Å². The third-order valence-corrected chi connectivity index (χ3v) is 8.65. The zero-order chi connectivity index (χ0) is 29.7. The summed E-state index contributed by atoms with van der Waals surface area (Å²) in [5.41, 5.74) is 6.41. The van der Waals surface area contributed by atoms with Gasteiger partial charge in [-0.05, 0) is 88.6 Å². The van der Waals surface area contributed by atoms with E-state index in [1.807, 2.05) is 36.4 Å². The maximum absolute atomic E-state index is 13.8. The summed E-state index contributed by atoms with van der Waals surface area (Å²) in [7, 11) is 0. The van der Waals surface area contributed by atoms with Gasteiger partial charge in [0.2, 0.25) is 0 Å². The number of aryl methyl sites for hydroxylation is 1. The molecule has 0 N–H and O–H groups in total. The van der Waals surface area contributed by atoms with Gasteiger partial charge in [0.1, 0.15) is 12.4 Å². The van der Waals surface area contributed by atoms with Crippen LogP contribution in [0.25, 0.3) is 0 Å². The predicted octanol–water partition coefficient (Wildman–Crippen LogP) is 8.71. The third-order valence-electron chi connectivity index (χ3n) is 8.65. The number of carbonyl (C=O) groups excluding carboxylic acids is 2. The van der Waals surface area contributed by atoms with Crippen LogP contribution in [0.1, 0.15) is 91.1 Å². The highest BCUT2D eigenvalue weighted by molar-refractivity contribution is 5.89. The fourth-order valence-corrected chi connectivity index (χ4v) is 5.85. The zero-order valence-electron chi connectivity index (χ0n) is 25.1. The molecule has 0 saturated carbocycles. The molecule has 4 aromatic carbocycles. The Balaban J connectivity index is 1.33. The number of benzene rings is 4. The van der Waals surface area contributed by atoms with E-state index in [1.165, 1.54) is 16.7 Å². The fraction of sp³-hybridized carbons (Fsp3) is 0.316. The number of hydrogen-bond donors (Lipinski definition) is 0. The second kappa shape index (κ2) is 12.4. The Labute approximate surface area is 249 Å². The lowest BCUT2D eigenvalue weighted by molar-refractivity contribution is -0.136. The number of fused-ring (bicyclic) bond motifs is 1. The number of esters is 2. The van der Waals surface area contributed by atoms with Crippen LogP contribution in [0.3, 0.4) is 0 Å². The van der Waals surface area contributed by atoms with Crippen molar-refractivity contribution in [1.82, 2.24) is 0 Å². The minimum Gasteiger partial charge on any atom is -0.457 e. The fourth-order valence-electron chi connectivity index (χ4n) is 5.85. The second-order valence-corrected chi connectivity index (χ2v) is 12.7. The van der Waals surface area contributed by atoms with E-state index in [4.69, 9.17) is 9.47 Å². The molecule has 1 aliphatic rings. The molecule has 0 bridgehead atoms. The van der Waals surface area contributed by atoms with Gasteiger partial charge in [-0.1, -0.05) is 107 Å². The van der Waals surface area contributed by atoms with Crippen molar-refractivity contribution in [2.45, 2.75) is 76.7 Å². The lowest BCUT2D eigenvalue weighted by atomic mass is 9.62. The van der Waals surface area contributed by atoms with Crippen molar-refractivity contribution in [3.05, 3.63) is 137 Å². The van der Waals surface area contributed by atoms with Crippen molar-refractivity contribution in [1.29, 1.82) is 0 Å². The smallest absolute Gasteiger partial charge is 0.338 e. The lowest BCUT2D eigenvalue weighted by Gasteiger charge is -2.42. The Morgan fingerprint density at radius 3 is 2.00 bits per heavy atom. The highest BCUT2D eigenvalue weighted by Crippen LogP contribution is 2.46. The largest absolute Gasteiger partial charge is 0.457 e. The normalized spacial score (nSPS) is 15.7. The summed E-state index contributed by atoms with van der Waals surface area (Å²) in [6.07, 6.45) is 3.69. The van der Waals surface area contributed by atoms with E-state index in [0.717, 1.165) is 30.4 Å². The SMILES string of the molecule is CC1(C)CCC(C)(C)c2cc(C(CCc3ccccc3)C(=O)Oc3ccc(COC(=O)c4ccccc4)cc3)ccc21. The number of rotatable bonds is 9. The van der Waals surface area contributed by atoms with E-state index in [9.17, 15) is 9.59 Å². The van der Waals surface area contributed by atoms with Crippen LogP contribution in [-0.4, -0.2) is 11.9 Å². The Morgan fingerprint density at radius 1 is 0.714 bits per heavy atom. The van der Waals surface area contributed by atoms with E-state index in [0.29, 0.717) is 17.7 Å². The highest BCUT2D eigenvalue weighted by atomic mass is 16.5. The van der Waals surface area contributed by atoms with Crippen LogP contribution >= 0.6 is 0 Å². The van der Waals surface area contributed by atoms with E-state index < -0.39 is 5.92 Å². The molecule has 0 fully saturated rings. The van der Waals surface area contributed by atoms with Gasteiger partial charge in [-0.15, -0.1) is 0 Å². The molecular weight excluding hydrogens is 520 g/mol. The second-order valence-electron chi connectivity index (χ2n) is 12.7. The van der Waals surface area contributed by atoms with Gasteiger partial charge in [0.15, 0.2) is 0 Å². The Bertz CT molecular complexity index is 1520. The Kier molecular flexibility index (Phi) is 8.63. The first kappa shape index (κ1) is 29.3. The summed E-state index contributed by atoms with van der Waals surface area (Å²) >= 11 is 0. The predicted molar refractivity (Wildman–Crippen MR) is 167 cm³/mol. The van der Waals surface area contributed by atoms with Crippen molar-refractivity contribution in [3.8, 4) is 5.75 Å². The maximum atomic E-state index is 13.8. The van der Waals surface area contributed by atoms with E-state index in [1.54, 1.807) is 36.4 Å². The van der Waals surface area contributed by atoms with Crippen LogP contribution in [0, 0.1) is 0 Å². The summed E-state index contributed by atoms with van der Waals surface area (Å²) in [5, 5.41) is 0. The molecule has 0 saturated heterocycles. The topological polar surface area (TPSA) is 52.6 Å². The molecular formula is C38H40O4. The molecule has 1 aliphatic carbocycles. The maximum Gasteiger partial charge on any atom is 0.338 e. The summed E-state index contributed by atoms with van der Waals surface area (Å²) in [4.78, 5) is 26.0. The average molecular weight is 561 g/mol. The summed E-state index contributed by atoms with van der Waals surface area (Å²) < 4.78 is 11.4. The van der Waals surface area contributed by atoms with Crippen LogP contribution in [0.2, 0.25) is 0 Å².